The third-order valence-electron chi connectivity index (χ3n) is 3.87. The third-order valence-corrected chi connectivity index (χ3v) is 3.87. The Morgan fingerprint density at radius 2 is 2.15 bits per heavy atom. The second kappa shape index (κ2) is 5.64. The van der Waals surface area contributed by atoms with Gasteiger partial charge in [0, 0.05) is 31.9 Å². The summed E-state index contributed by atoms with van der Waals surface area (Å²) in [6, 6.07) is 1.80. The molecule has 0 saturated carbocycles. The zero-order chi connectivity index (χ0) is 14.8. The van der Waals surface area contributed by atoms with E-state index in [0.29, 0.717) is 19.5 Å². The number of nitrogens with one attached hydrogen (secondary N) is 1. The number of nitrogens with zero attached hydrogens (tertiary/aromatic N) is 3. The smallest absolute Gasteiger partial charge is 0.249 e. The molecular formula is C14H22N4O2. The van der Waals surface area contributed by atoms with Gasteiger partial charge in [0.1, 0.15) is 0 Å². The fourth-order valence-corrected chi connectivity index (χ4v) is 2.82. The van der Waals surface area contributed by atoms with Crippen LogP contribution in [0.5, 0.6) is 0 Å². The summed E-state index contributed by atoms with van der Waals surface area (Å²) in [6.45, 7) is 4.85. The minimum Gasteiger partial charge on any atom is -0.357 e. The molecule has 1 atom stereocenters. The van der Waals surface area contributed by atoms with Gasteiger partial charge in [-0.15, -0.1) is 0 Å². The largest absolute Gasteiger partial charge is 0.357 e. The van der Waals surface area contributed by atoms with Gasteiger partial charge in [-0.25, -0.2) is 0 Å². The molecule has 1 saturated heterocycles. The molecule has 0 aliphatic carbocycles. The van der Waals surface area contributed by atoms with Crippen LogP contribution in [0.4, 0.5) is 0 Å². The predicted molar refractivity (Wildman–Crippen MR) is 74.9 cm³/mol. The van der Waals surface area contributed by atoms with Crippen LogP contribution in [-0.4, -0.2) is 46.6 Å². The van der Waals surface area contributed by atoms with Gasteiger partial charge in [-0.2, -0.15) is 5.10 Å². The number of likely N-dealkylation sites (N-methyl/N-ethyl adjacent to an activating group) is 1. The number of hydrogen-bond acceptors (Lipinski definition) is 3. The molecule has 1 aromatic rings. The Hall–Kier alpha value is -1.85. The third kappa shape index (κ3) is 2.42. The molecule has 0 aromatic carbocycles. The van der Waals surface area contributed by atoms with Crippen LogP contribution in [0, 0.1) is 5.92 Å². The van der Waals surface area contributed by atoms with Crippen molar-refractivity contribution < 1.29 is 9.59 Å². The zero-order valence-corrected chi connectivity index (χ0v) is 12.3. The Balaban J connectivity index is 2.33. The summed E-state index contributed by atoms with van der Waals surface area (Å²) < 4.78 is 1.69. The first-order chi connectivity index (χ1) is 9.51. The van der Waals surface area contributed by atoms with Crippen LogP contribution in [0.2, 0.25) is 0 Å². The van der Waals surface area contributed by atoms with Crippen molar-refractivity contribution >= 4 is 11.8 Å². The highest BCUT2D eigenvalue weighted by Crippen LogP contribution is 2.29. The molecule has 2 heterocycles. The standard InChI is InChI=1S/C14H22N4O2/c1-11(2)12(19)17-8-4-6-14(10-17,13(20)15-3)18-9-5-7-16-18/h5,7,9,11H,4,6,8,10H2,1-3H3,(H,15,20). The van der Waals surface area contributed by atoms with Gasteiger partial charge in [-0.1, -0.05) is 13.8 Å². The van der Waals surface area contributed by atoms with Gasteiger partial charge in [-0.05, 0) is 18.9 Å². The summed E-state index contributed by atoms with van der Waals surface area (Å²) in [6.07, 6.45) is 4.94. The molecule has 1 aromatic heterocycles. The number of likely N-dealkylation sites (tertiary alicyclic amines) is 1. The van der Waals surface area contributed by atoms with E-state index < -0.39 is 5.54 Å². The summed E-state index contributed by atoms with van der Waals surface area (Å²) in [5.74, 6) is -0.0688. The first-order valence-corrected chi connectivity index (χ1v) is 7.02. The fraction of sp³-hybridized carbons (Fsp3) is 0.643. The molecule has 1 aliphatic heterocycles. The minimum absolute atomic E-state index is 0.0619. The topological polar surface area (TPSA) is 67.2 Å². The normalized spacial score (nSPS) is 22.9. The minimum atomic E-state index is -0.791. The molecule has 1 unspecified atom stereocenters. The van der Waals surface area contributed by atoms with Crippen molar-refractivity contribution in [3.05, 3.63) is 18.5 Å². The SMILES string of the molecule is CNC(=O)C1(n2cccn2)CCCN(C(=O)C(C)C)C1. The van der Waals surface area contributed by atoms with Crippen molar-refractivity contribution in [2.24, 2.45) is 5.92 Å². The van der Waals surface area contributed by atoms with Gasteiger partial charge >= 0.3 is 0 Å². The summed E-state index contributed by atoms with van der Waals surface area (Å²) in [4.78, 5) is 26.4. The van der Waals surface area contributed by atoms with E-state index in [-0.39, 0.29) is 17.7 Å². The quantitative estimate of drug-likeness (QED) is 0.880. The second-order valence-electron chi connectivity index (χ2n) is 5.58. The first kappa shape index (κ1) is 14.6. The average Bonchev–Trinajstić information content (AvgIpc) is 3.00. The van der Waals surface area contributed by atoms with Crippen molar-refractivity contribution in [1.29, 1.82) is 0 Å². The number of carbonyl (C=O) groups is 2. The van der Waals surface area contributed by atoms with E-state index in [1.165, 1.54) is 0 Å². The lowest BCUT2D eigenvalue weighted by molar-refractivity contribution is -0.142. The molecule has 6 heteroatoms. The predicted octanol–water partition coefficient (Wildman–Crippen LogP) is 0.603. The number of carbonyl (C=O) groups excluding carboxylic acids is 2. The number of amides is 2. The van der Waals surface area contributed by atoms with E-state index in [2.05, 4.69) is 10.4 Å². The number of aromatic nitrogens is 2. The van der Waals surface area contributed by atoms with E-state index in [1.807, 2.05) is 13.8 Å². The van der Waals surface area contributed by atoms with Gasteiger partial charge < -0.3 is 10.2 Å². The number of rotatable bonds is 3. The van der Waals surface area contributed by atoms with E-state index in [4.69, 9.17) is 0 Å². The second-order valence-corrected chi connectivity index (χ2v) is 5.58. The lowest BCUT2D eigenvalue weighted by atomic mass is 9.87. The first-order valence-electron chi connectivity index (χ1n) is 7.02. The molecule has 20 heavy (non-hydrogen) atoms. The molecule has 110 valence electrons. The molecule has 0 radical (unpaired) electrons. The van der Waals surface area contributed by atoms with Crippen molar-refractivity contribution in [3.8, 4) is 0 Å². The molecule has 1 aliphatic rings. The Labute approximate surface area is 119 Å². The molecule has 2 amide bonds. The zero-order valence-electron chi connectivity index (χ0n) is 12.3. The van der Waals surface area contributed by atoms with Crippen LogP contribution in [0.25, 0.3) is 0 Å². The Bertz CT molecular complexity index is 483. The van der Waals surface area contributed by atoms with Crippen molar-refractivity contribution in [2.75, 3.05) is 20.1 Å². The van der Waals surface area contributed by atoms with Gasteiger partial charge in [0.25, 0.3) is 0 Å². The van der Waals surface area contributed by atoms with Crippen LogP contribution in [0.1, 0.15) is 26.7 Å². The Morgan fingerprint density at radius 1 is 1.40 bits per heavy atom. The summed E-state index contributed by atoms with van der Waals surface area (Å²) in [5.41, 5.74) is -0.791. The van der Waals surface area contributed by atoms with E-state index in [1.54, 1.807) is 35.1 Å². The molecular weight excluding hydrogens is 256 g/mol. The summed E-state index contributed by atoms with van der Waals surface area (Å²) in [7, 11) is 1.62. The summed E-state index contributed by atoms with van der Waals surface area (Å²) >= 11 is 0. The van der Waals surface area contributed by atoms with Crippen LogP contribution in [-0.2, 0) is 15.1 Å². The van der Waals surface area contributed by atoms with Crippen LogP contribution in [0.15, 0.2) is 18.5 Å². The Kier molecular flexibility index (Phi) is 4.11. The van der Waals surface area contributed by atoms with Crippen molar-refractivity contribution in [1.82, 2.24) is 20.0 Å². The van der Waals surface area contributed by atoms with E-state index in [0.717, 1.165) is 6.42 Å². The van der Waals surface area contributed by atoms with Gasteiger partial charge in [0.15, 0.2) is 5.54 Å². The van der Waals surface area contributed by atoms with Crippen LogP contribution in [0.3, 0.4) is 0 Å². The molecule has 0 bridgehead atoms. The molecule has 1 fully saturated rings. The van der Waals surface area contributed by atoms with Crippen LogP contribution >= 0.6 is 0 Å². The van der Waals surface area contributed by atoms with Gasteiger partial charge in [-0.3, -0.25) is 14.3 Å². The lowest BCUT2D eigenvalue weighted by Gasteiger charge is -2.42. The van der Waals surface area contributed by atoms with Crippen LogP contribution < -0.4 is 5.32 Å². The molecule has 2 rings (SSSR count). The molecule has 0 spiro atoms. The Morgan fingerprint density at radius 3 is 2.70 bits per heavy atom. The van der Waals surface area contributed by atoms with Gasteiger partial charge in [0.2, 0.25) is 11.8 Å². The average molecular weight is 278 g/mol. The fourth-order valence-electron chi connectivity index (χ4n) is 2.82. The maximum atomic E-state index is 12.4. The maximum absolute atomic E-state index is 12.4. The maximum Gasteiger partial charge on any atom is 0.249 e. The number of piperidine rings is 1. The highest BCUT2D eigenvalue weighted by molar-refractivity contribution is 5.86. The van der Waals surface area contributed by atoms with E-state index >= 15 is 0 Å². The highest BCUT2D eigenvalue weighted by Gasteiger charge is 2.45. The number of hydrogen-bond donors (Lipinski definition) is 1. The van der Waals surface area contributed by atoms with Crippen molar-refractivity contribution in [2.45, 2.75) is 32.2 Å². The highest BCUT2D eigenvalue weighted by atomic mass is 16.2. The van der Waals surface area contributed by atoms with E-state index in [9.17, 15) is 9.59 Å². The van der Waals surface area contributed by atoms with Crippen molar-refractivity contribution in [3.63, 3.8) is 0 Å². The summed E-state index contributed by atoms with van der Waals surface area (Å²) in [5, 5.41) is 6.95. The van der Waals surface area contributed by atoms with Gasteiger partial charge in [0.05, 0.1) is 6.54 Å². The molecule has 6 nitrogen and oxygen atoms in total. The monoisotopic (exact) mass is 278 g/mol. The lowest BCUT2D eigenvalue weighted by Crippen LogP contribution is -2.59. The molecule has 1 N–H and O–H groups in total.